The Morgan fingerprint density at radius 3 is 2.52 bits per heavy atom. The summed E-state index contributed by atoms with van der Waals surface area (Å²) in [6, 6.07) is 10.2. The number of benzene rings is 1. The largest absolute Gasteiger partial charge is 0.352 e. The Balaban J connectivity index is 1.62. The van der Waals surface area contributed by atoms with Gasteiger partial charge in [-0.15, -0.1) is 11.3 Å². The summed E-state index contributed by atoms with van der Waals surface area (Å²) in [4.78, 5) is 25.0. The molecule has 156 valence electrons. The lowest BCUT2D eigenvalue weighted by molar-refractivity contribution is -0.120. The summed E-state index contributed by atoms with van der Waals surface area (Å²) in [6.45, 7) is 3.14. The number of para-hydroxylation sites is 1. The minimum absolute atomic E-state index is 0.186. The van der Waals surface area contributed by atoms with Crippen molar-refractivity contribution in [2.45, 2.75) is 30.4 Å². The van der Waals surface area contributed by atoms with E-state index in [9.17, 15) is 18.0 Å². The highest BCUT2D eigenvalue weighted by molar-refractivity contribution is 7.91. The molecule has 0 bridgehead atoms. The number of nitrogens with zero attached hydrogens (tertiary/aromatic N) is 1. The van der Waals surface area contributed by atoms with Gasteiger partial charge < -0.3 is 10.6 Å². The molecule has 0 spiro atoms. The highest BCUT2D eigenvalue weighted by Gasteiger charge is 2.32. The minimum Gasteiger partial charge on any atom is -0.352 e. The molecular weight excluding hydrogens is 410 g/mol. The van der Waals surface area contributed by atoms with E-state index in [2.05, 4.69) is 10.6 Å². The van der Waals surface area contributed by atoms with Crippen molar-refractivity contribution in [2.24, 2.45) is 5.92 Å². The van der Waals surface area contributed by atoms with E-state index in [1.807, 2.05) is 6.92 Å². The fraction of sp³-hybridized carbons (Fsp3) is 0.400. The van der Waals surface area contributed by atoms with Crippen molar-refractivity contribution in [2.75, 3.05) is 25.0 Å². The van der Waals surface area contributed by atoms with Gasteiger partial charge in [-0.1, -0.05) is 25.1 Å². The van der Waals surface area contributed by atoms with Crippen LogP contribution in [0.5, 0.6) is 0 Å². The van der Waals surface area contributed by atoms with Gasteiger partial charge in [0.25, 0.3) is 15.9 Å². The second kappa shape index (κ2) is 9.51. The Kier molecular flexibility index (Phi) is 7.05. The third-order valence-corrected chi connectivity index (χ3v) is 8.15. The van der Waals surface area contributed by atoms with E-state index in [0.29, 0.717) is 47.9 Å². The molecule has 3 rings (SSSR count). The van der Waals surface area contributed by atoms with Crippen molar-refractivity contribution in [3.05, 3.63) is 47.3 Å². The van der Waals surface area contributed by atoms with Crippen LogP contribution in [-0.4, -0.2) is 44.2 Å². The number of carbonyl (C=O) groups excluding carboxylic acids is 2. The Labute approximate surface area is 175 Å². The van der Waals surface area contributed by atoms with Gasteiger partial charge in [0.15, 0.2) is 0 Å². The number of thiophene rings is 1. The van der Waals surface area contributed by atoms with Crippen molar-refractivity contribution in [3.63, 3.8) is 0 Å². The number of amides is 2. The Bertz CT molecular complexity index is 950. The maximum Gasteiger partial charge on any atom is 0.253 e. The number of carbonyl (C=O) groups is 2. The highest BCUT2D eigenvalue weighted by atomic mass is 32.2. The summed E-state index contributed by atoms with van der Waals surface area (Å²) in [6.07, 6.45) is 1.72. The van der Waals surface area contributed by atoms with Crippen LogP contribution in [0.25, 0.3) is 0 Å². The van der Waals surface area contributed by atoms with E-state index in [4.69, 9.17) is 0 Å². The first-order valence-electron chi connectivity index (χ1n) is 9.65. The first-order valence-corrected chi connectivity index (χ1v) is 12.0. The fourth-order valence-electron chi connectivity index (χ4n) is 3.25. The lowest BCUT2D eigenvalue weighted by Gasteiger charge is -2.30. The van der Waals surface area contributed by atoms with E-state index < -0.39 is 10.0 Å². The minimum atomic E-state index is -3.49. The van der Waals surface area contributed by atoms with Gasteiger partial charge in [-0.2, -0.15) is 4.31 Å². The lowest BCUT2D eigenvalue weighted by atomic mass is 9.97. The molecule has 0 atom stereocenters. The van der Waals surface area contributed by atoms with Crippen LogP contribution in [0.3, 0.4) is 0 Å². The van der Waals surface area contributed by atoms with Crippen molar-refractivity contribution in [1.29, 1.82) is 0 Å². The third-order valence-electron chi connectivity index (χ3n) is 4.88. The van der Waals surface area contributed by atoms with Gasteiger partial charge in [0.2, 0.25) is 5.91 Å². The first-order chi connectivity index (χ1) is 13.9. The smallest absolute Gasteiger partial charge is 0.253 e. The van der Waals surface area contributed by atoms with E-state index in [1.54, 1.807) is 41.8 Å². The molecule has 0 radical (unpaired) electrons. The van der Waals surface area contributed by atoms with Crippen LogP contribution < -0.4 is 10.6 Å². The lowest BCUT2D eigenvalue weighted by Crippen LogP contribution is -2.41. The van der Waals surface area contributed by atoms with E-state index in [0.717, 1.165) is 6.42 Å². The summed E-state index contributed by atoms with van der Waals surface area (Å²) in [5.74, 6) is -0.704. The topological polar surface area (TPSA) is 95.6 Å². The van der Waals surface area contributed by atoms with Crippen LogP contribution >= 0.6 is 11.3 Å². The van der Waals surface area contributed by atoms with Gasteiger partial charge in [-0.3, -0.25) is 9.59 Å². The molecule has 1 saturated heterocycles. The van der Waals surface area contributed by atoms with E-state index in [-0.39, 0.29) is 17.7 Å². The van der Waals surface area contributed by atoms with Gasteiger partial charge in [0.05, 0.1) is 11.3 Å². The zero-order valence-electron chi connectivity index (χ0n) is 16.3. The quantitative estimate of drug-likeness (QED) is 0.699. The Morgan fingerprint density at radius 1 is 1.14 bits per heavy atom. The van der Waals surface area contributed by atoms with Crippen LogP contribution in [0, 0.1) is 5.92 Å². The zero-order valence-corrected chi connectivity index (χ0v) is 17.9. The fourth-order valence-corrected chi connectivity index (χ4v) is 5.87. The van der Waals surface area contributed by atoms with Gasteiger partial charge in [-0.25, -0.2) is 8.42 Å². The molecule has 2 heterocycles. The van der Waals surface area contributed by atoms with Crippen LogP contribution in [0.15, 0.2) is 46.0 Å². The molecule has 1 fully saturated rings. The molecule has 7 nitrogen and oxygen atoms in total. The number of piperidine rings is 1. The monoisotopic (exact) mass is 435 g/mol. The van der Waals surface area contributed by atoms with Crippen LogP contribution in [0.4, 0.5) is 5.69 Å². The molecule has 2 N–H and O–H groups in total. The van der Waals surface area contributed by atoms with Crippen LogP contribution in [-0.2, 0) is 14.8 Å². The predicted octanol–water partition coefficient (Wildman–Crippen LogP) is 2.93. The Hall–Kier alpha value is -2.23. The van der Waals surface area contributed by atoms with E-state index in [1.165, 1.54) is 15.6 Å². The number of anilines is 1. The summed E-state index contributed by atoms with van der Waals surface area (Å²) < 4.78 is 27.0. The summed E-state index contributed by atoms with van der Waals surface area (Å²) >= 11 is 1.20. The second-order valence-electron chi connectivity index (χ2n) is 6.90. The summed E-state index contributed by atoms with van der Waals surface area (Å²) in [5, 5.41) is 7.41. The van der Waals surface area contributed by atoms with Gasteiger partial charge >= 0.3 is 0 Å². The van der Waals surface area contributed by atoms with Crippen molar-refractivity contribution in [3.8, 4) is 0 Å². The molecule has 0 unspecified atom stereocenters. The standard InChI is InChI=1S/C20H25N3O4S2/c1-2-11-21-20(25)16-6-3-4-7-17(16)22-19(24)15-9-12-23(13-10-15)29(26,27)18-8-5-14-28-18/h3-8,14-15H,2,9-13H2,1H3,(H,21,25)(H,22,24). The van der Waals surface area contributed by atoms with Crippen LogP contribution in [0.1, 0.15) is 36.5 Å². The summed E-state index contributed by atoms with van der Waals surface area (Å²) in [7, 11) is -3.49. The molecule has 1 aliphatic heterocycles. The second-order valence-corrected chi connectivity index (χ2v) is 10.0. The summed E-state index contributed by atoms with van der Waals surface area (Å²) in [5.41, 5.74) is 0.895. The van der Waals surface area contributed by atoms with Crippen molar-refractivity contribution >= 4 is 38.9 Å². The molecule has 9 heteroatoms. The molecular formula is C20H25N3O4S2. The van der Waals surface area contributed by atoms with Crippen molar-refractivity contribution < 1.29 is 18.0 Å². The first kappa shape index (κ1) is 21.5. The average molecular weight is 436 g/mol. The number of nitrogens with one attached hydrogen (secondary N) is 2. The third kappa shape index (κ3) is 5.04. The molecule has 29 heavy (non-hydrogen) atoms. The van der Waals surface area contributed by atoms with Gasteiger partial charge in [-0.05, 0) is 42.8 Å². The van der Waals surface area contributed by atoms with Gasteiger partial charge in [0, 0.05) is 25.6 Å². The SMILES string of the molecule is CCCNC(=O)c1ccccc1NC(=O)C1CCN(S(=O)(=O)c2cccs2)CC1. The maximum atomic E-state index is 12.7. The maximum absolute atomic E-state index is 12.7. The predicted molar refractivity (Wildman–Crippen MR) is 113 cm³/mol. The van der Waals surface area contributed by atoms with E-state index >= 15 is 0 Å². The average Bonchev–Trinajstić information content (AvgIpc) is 3.28. The number of sulfonamides is 1. The molecule has 2 amide bonds. The molecule has 1 aromatic heterocycles. The van der Waals surface area contributed by atoms with Gasteiger partial charge in [0.1, 0.15) is 4.21 Å². The molecule has 1 aliphatic rings. The number of hydrogen-bond donors (Lipinski definition) is 2. The zero-order chi connectivity index (χ0) is 20.9. The van der Waals surface area contributed by atoms with Crippen molar-refractivity contribution in [1.82, 2.24) is 9.62 Å². The normalized spacial score (nSPS) is 15.8. The highest BCUT2D eigenvalue weighted by Crippen LogP contribution is 2.27. The number of rotatable bonds is 7. The molecule has 0 saturated carbocycles. The molecule has 1 aromatic carbocycles. The molecule has 0 aliphatic carbocycles. The van der Waals surface area contributed by atoms with Crippen LogP contribution in [0.2, 0.25) is 0 Å². The Morgan fingerprint density at radius 2 is 1.86 bits per heavy atom. The molecule has 2 aromatic rings. The number of hydrogen-bond acceptors (Lipinski definition) is 5.